The van der Waals surface area contributed by atoms with Crippen molar-refractivity contribution in [3.8, 4) is 28.5 Å². The first-order valence-electron chi connectivity index (χ1n) is 8.75. The summed E-state index contributed by atoms with van der Waals surface area (Å²) in [4.78, 5) is 12.9. The maximum Gasteiger partial charge on any atom is 0.251 e. The SMILES string of the molecule is COc1cn(-c2ccc(CF)cc2F)nc(-c2ccnn2-c2ccccc2)c1=O. The van der Waals surface area contributed by atoms with Gasteiger partial charge in [-0.3, -0.25) is 4.79 Å². The predicted octanol–water partition coefficient (Wildman–Crippen LogP) is 3.70. The summed E-state index contributed by atoms with van der Waals surface area (Å²) in [6.45, 7) is -0.778. The predicted molar refractivity (Wildman–Crippen MR) is 104 cm³/mol. The number of hydrogen-bond donors (Lipinski definition) is 0. The highest BCUT2D eigenvalue weighted by Crippen LogP contribution is 2.22. The summed E-state index contributed by atoms with van der Waals surface area (Å²) in [5, 5.41) is 8.60. The van der Waals surface area contributed by atoms with Gasteiger partial charge in [-0.25, -0.2) is 18.1 Å². The zero-order chi connectivity index (χ0) is 20.4. The topological polar surface area (TPSA) is 61.9 Å². The molecule has 4 rings (SSSR count). The summed E-state index contributed by atoms with van der Waals surface area (Å²) in [5.74, 6) is -0.675. The van der Waals surface area contributed by atoms with E-state index in [1.165, 1.54) is 30.1 Å². The Balaban J connectivity index is 1.92. The van der Waals surface area contributed by atoms with E-state index in [9.17, 15) is 13.6 Å². The highest BCUT2D eigenvalue weighted by molar-refractivity contribution is 5.59. The monoisotopic (exact) mass is 394 g/mol. The van der Waals surface area contributed by atoms with E-state index in [4.69, 9.17) is 4.74 Å². The molecule has 0 fully saturated rings. The Bertz CT molecular complexity index is 1220. The van der Waals surface area contributed by atoms with Gasteiger partial charge in [0.2, 0.25) is 0 Å². The molecule has 0 aliphatic carbocycles. The molecule has 146 valence electrons. The largest absolute Gasteiger partial charge is 0.491 e. The molecule has 0 N–H and O–H groups in total. The molecule has 4 aromatic rings. The molecule has 2 aromatic carbocycles. The summed E-state index contributed by atoms with van der Waals surface area (Å²) in [6.07, 6.45) is 2.84. The Morgan fingerprint density at radius 2 is 1.90 bits per heavy atom. The van der Waals surface area contributed by atoms with Crippen molar-refractivity contribution in [2.75, 3.05) is 7.11 Å². The Kier molecular flexibility index (Phi) is 4.90. The van der Waals surface area contributed by atoms with Crippen molar-refractivity contribution in [2.24, 2.45) is 0 Å². The van der Waals surface area contributed by atoms with Crippen molar-refractivity contribution in [1.82, 2.24) is 19.6 Å². The Labute approximate surface area is 164 Å². The van der Waals surface area contributed by atoms with Gasteiger partial charge in [-0.1, -0.05) is 24.3 Å². The number of ether oxygens (including phenoxy) is 1. The molecule has 8 heteroatoms. The maximum atomic E-state index is 14.5. The van der Waals surface area contributed by atoms with Crippen LogP contribution >= 0.6 is 0 Å². The summed E-state index contributed by atoms with van der Waals surface area (Å²) in [6, 6.07) is 14.8. The van der Waals surface area contributed by atoms with Crippen molar-refractivity contribution in [1.29, 1.82) is 0 Å². The Morgan fingerprint density at radius 1 is 1.10 bits per heavy atom. The van der Waals surface area contributed by atoms with Crippen molar-refractivity contribution in [2.45, 2.75) is 6.67 Å². The lowest BCUT2D eigenvalue weighted by molar-refractivity contribution is 0.405. The molecular weight excluding hydrogens is 378 g/mol. The zero-order valence-electron chi connectivity index (χ0n) is 15.4. The van der Waals surface area contributed by atoms with Gasteiger partial charge in [-0.2, -0.15) is 10.2 Å². The van der Waals surface area contributed by atoms with Crippen LogP contribution in [0.2, 0.25) is 0 Å². The van der Waals surface area contributed by atoms with Crippen LogP contribution in [-0.4, -0.2) is 26.7 Å². The maximum absolute atomic E-state index is 14.5. The second-order valence-corrected chi connectivity index (χ2v) is 6.20. The van der Waals surface area contributed by atoms with E-state index in [1.54, 1.807) is 16.9 Å². The van der Waals surface area contributed by atoms with Gasteiger partial charge >= 0.3 is 0 Å². The van der Waals surface area contributed by atoms with E-state index in [0.717, 1.165) is 11.8 Å². The van der Waals surface area contributed by atoms with Crippen LogP contribution in [0, 0.1) is 5.82 Å². The number of benzene rings is 2. The normalized spacial score (nSPS) is 10.9. The van der Waals surface area contributed by atoms with Gasteiger partial charge in [0, 0.05) is 0 Å². The fourth-order valence-corrected chi connectivity index (χ4v) is 2.98. The molecule has 29 heavy (non-hydrogen) atoms. The molecule has 0 radical (unpaired) electrons. The molecule has 0 amide bonds. The van der Waals surface area contributed by atoms with E-state index < -0.39 is 17.9 Å². The van der Waals surface area contributed by atoms with E-state index in [2.05, 4.69) is 10.2 Å². The molecule has 0 aliphatic rings. The van der Waals surface area contributed by atoms with Gasteiger partial charge in [0.1, 0.15) is 18.2 Å². The van der Waals surface area contributed by atoms with Crippen molar-refractivity contribution in [3.05, 3.63) is 88.6 Å². The fraction of sp³-hybridized carbons (Fsp3) is 0.0952. The third kappa shape index (κ3) is 3.40. The van der Waals surface area contributed by atoms with Crippen molar-refractivity contribution in [3.63, 3.8) is 0 Å². The third-order valence-electron chi connectivity index (χ3n) is 4.41. The standard InChI is InChI=1S/C21H16F2N4O2/c1-29-19-13-26(17-8-7-14(12-22)11-16(17)23)25-20(21(19)28)18-9-10-24-27(18)15-5-3-2-4-6-15/h2-11,13H,12H2,1H3. The van der Waals surface area contributed by atoms with Crippen LogP contribution in [0.15, 0.2) is 71.8 Å². The minimum Gasteiger partial charge on any atom is -0.491 e. The van der Waals surface area contributed by atoms with Gasteiger partial charge in [0.15, 0.2) is 11.4 Å². The second kappa shape index (κ2) is 7.67. The van der Waals surface area contributed by atoms with Gasteiger partial charge in [-0.05, 0) is 35.9 Å². The van der Waals surface area contributed by atoms with Crippen LogP contribution in [0.5, 0.6) is 5.75 Å². The minimum atomic E-state index is -0.778. The number of aromatic nitrogens is 4. The van der Waals surface area contributed by atoms with Crippen LogP contribution in [-0.2, 0) is 6.67 Å². The number of halogens is 2. The summed E-state index contributed by atoms with van der Waals surface area (Å²) in [5.41, 5.74) is 1.02. The lowest BCUT2D eigenvalue weighted by atomic mass is 10.2. The minimum absolute atomic E-state index is 0.00946. The summed E-state index contributed by atoms with van der Waals surface area (Å²) >= 11 is 0. The Hall–Kier alpha value is -3.81. The molecule has 0 saturated carbocycles. The molecule has 0 atom stereocenters. The van der Waals surface area contributed by atoms with Crippen LogP contribution in [0.3, 0.4) is 0 Å². The van der Waals surface area contributed by atoms with Crippen LogP contribution in [0.1, 0.15) is 5.56 Å². The highest BCUT2D eigenvalue weighted by atomic mass is 19.1. The number of methoxy groups -OCH3 is 1. The average molecular weight is 394 g/mol. The van der Waals surface area contributed by atoms with E-state index in [0.29, 0.717) is 5.69 Å². The lowest BCUT2D eigenvalue weighted by Crippen LogP contribution is -2.18. The summed E-state index contributed by atoms with van der Waals surface area (Å²) < 4.78 is 35.3. The summed E-state index contributed by atoms with van der Waals surface area (Å²) in [7, 11) is 1.35. The van der Waals surface area contributed by atoms with Crippen molar-refractivity contribution < 1.29 is 13.5 Å². The Morgan fingerprint density at radius 3 is 2.59 bits per heavy atom. The van der Waals surface area contributed by atoms with Gasteiger partial charge < -0.3 is 4.74 Å². The number of hydrogen-bond acceptors (Lipinski definition) is 4. The van der Waals surface area contributed by atoms with Gasteiger partial charge in [-0.15, -0.1) is 0 Å². The first kappa shape index (κ1) is 18.5. The number of rotatable bonds is 5. The molecule has 0 spiro atoms. The molecule has 6 nitrogen and oxygen atoms in total. The van der Waals surface area contributed by atoms with E-state index in [1.807, 2.05) is 30.3 Å². The number of alkyl halides is 1. The van der Waals surface area contributed by atoms with E-state index >= 15 is 0 Å². The van der Waals surface area contributed by atoms with Crippen molar-refractivity contribution >= 4 is 0 Å². The molecule has 0 saturated heterocycles. The molecule has 2 heterocycles. The number of nitrogens with zero attached hydrogens (tertiary/aromatic N) is 4. The first-order valence-corrected chi connectivity index (χ1v) is 8.75. The van der Waals surface area contributed by atoms with Crippen LogP contribution in [0.4, 0.5) is 8.78 Å². The molecule has 0 bridgehead atoms. The average Bonchev–Trinajstić information content (AvgIpc) is 3.24. The fourth-order valence-electron chi connectivity index (χ4n) is 2.98. The van der Waals surface area contributed by atoms with Crippen LogP contribution in [0.25, 0.3) is 22.8 Å². The quantitative estimate of drug-likeness (QED) is 0.518. The molecule has 0 unspecified atom stereocenters. The highest BCUT2D eigenvalue weighted by Gasteiger charge is 2.18. The lowest BCUT2D eigenvalue weighted by Gasteiger charge is -2.12. The molecule has 0 aliphatic heterocycles. The first-order chi connectivity index (χ1) is 14.1. The van der Waals surface area contributed by atoms with E-state index in [-0.39, 0.29) is 22.7 Å². The zero-order valence-corrected chi connectivity index (χ0v) is 15.4. The molecular formula is C21H16F2N4O2. The molecule has 2 aromatic heterocycles. The second-order valence-electron chi connectivity index (χ2n) is 6.20. The smallest absolute Gasteiger partial charge is 0.251 e. The van der Waals surface area contributed by atoms with Crippen LogP contribution < -0.4 is 10.2 Å². The van der Waals surface area contributed by atoms with Gasteiger partial charge in [0.05, 0.1) is 30.9 Å². The third-order valence-corrected chi connectivity index (χ3v) is 4.41. The number of para-hydroxylation sites is 1. The van der Waals surface area contributed by atoms with Gasteiger partial charge in [0.25, 0.3) is 5.43 Å².